The number of benzene rings is 2. The van der Waals surface area contributed by atoms with Gasteiger partial charge in [-0.15, -0.1) is 11.3 Å². The van der Waals surface area contributed by atoms with Crippen LogP contribution in [0.5, 0.6) is 11.6 Å². The summed E-state index contributed by atoms with van der Waals surface area (Å²) in [7, 11) is 1.63. The summed E-state index contributed by atoms with van der Waals surface area (Å²) < 4.78 is 5.31. The van der Waals surface area contributed by atoms with Gasteiger partial charge in [0.15, 0.2) is 11.7 Å². The molecule has 0 saturated carbocycles. The number of ether oxygens (including phenoxy) is 1. The minimum atomic E-state index is 0.131. The van der Waals surface area contributed by atoms with E-state index in [-0.39, 0.29) is 5.88 Å². The van der Waals surface area contributed by atoms with Crippen LogP contribution in [0.2, 0.25) is 0 Å². The molecule has 132 valence electrons. The molecule has 2 N–H and O–H groups in total. The molecule has 4 aromatic rings. The third-order valence-electron chi connectivity index (χ3n) is 4.53. The molecule has 0 fully saturated rings. The molecule has 2 aromatic heterocycles. The van der Waals surface area contributed by atoms with E-state index in [1.165, 1.54) is 0 Å². The van der Waals surface area contributed by atoms with Gasteiger partial charge in [0.2, 0.25) is 0 Å². The molecule has 0 aliphatic carbocycles. The zero-order valence-corrected chi connectivity index (χ0v) is 15.2. The first-order valence-electron chi connectivity index (χ1n) is 8.43. The minimum Gasteiger partial charge on any atom is -0.497 e. The van der Waals surface area contributed by atoms with Gasteiger partial charge in [-0.1, -0.05) is 12.1 Å². The van der Waals surface area contributed by atoms with Gasteiger partial charge in [-0.25, -0.2) is 9.98 Å². The van der Waals surface area contributed by atoms with Crippen molar-refractivity contribution in [1.82, 2.24) is 4.98 Å². The number of hydrogen-bond acceptors (Lipinski definition) is 5. The van der Waals surface area contributed by atoms with Crippen molar-refractivity contribution in [2.24, 2.45) is 9.98 Å². The summed E-state index contributed by atoms with van der Waals surface area (Å²) >= 11 is 1.62. The molecule has 3 heterocycles. The van der Waals surface area contributed by atoms with Crippen LogP contribution in [-0.2, 0) is 0 Å². The Kier molecular flexibility index (Phi) is 3.58. The average molecular weight is 373 g/mol. The van der Waals surface area contributed by atoms with Crippen molar-refractivity contribution in [3.63, 3.8) is 0 Å². The number of hydrogen-bond donors (Lipinski definition) is 2. The highest BCUT2D eigenvalue weighted by Gasteiger charge is 2.12. The largest absolute Gasteiger partial charge is 0.497 e. The smallest absolute Gasteiger partial charge is 0.196 e. The van der Waals surface area contributed by atoms with Gasteiger partial charge in [-0.3, -0.25) is 0 Å². The second-order valence-electron chi connectivity index (χ2n) is 6.22. The lowest BCUT2D eigenvalue weighted by molar-refractivity contribution is 0.415. The van der Waals surface area contributed by atoms with Crippen LogP contribution in [0, 0.1) is 0 Å². The summed E-state index contributed by atoms with van der Waals surface area (Å²) in [6.07, 6.45) is 1.94. The number of aromatic amines is 1. The lowest BCUT2D eigenvalue weighted by Crippen LogP contribution is -2.07. The average Bonchev–Trinajstić information content (AvgIpc) is 3.40. The Labute approximate surface area is 158 Å². The Morgan fingerprint density at radius 2 is 2.04 bits per heavy atom. The molecule has 5 nitrogen and oxygen atoms in total. The predicted octanol–water partition coefficient (Wildman–Crippen LogP) is 3.48. The van der Waals surface area contributed by atoms with Crippen LogP contribution in [0.1, 0.15) is 10.4 Å². The minimum absolute atomic E-state index is 0.131. The van der Waals surface area contributed by atoms with Crippen LogP contribution in [0.25, 0.3) is 17.0 Å². The fraction of sp³-hybridized carbons (Fsp3) is 0.0476. The Morgan fingerprint density at radius 1 is 1.11 bits per heavy atom. The fourth-order valence-corrected chi connectivity index (χ4v) is 3.86. The van der Waals surface area contributed by atoms with E-state index >= 15 is 0 Å². The van der Waals surface area contributed by atoms with Gasteiger partial charge in [-0.2, -0.15) is 0 Å². The topological polar surface area (TPSA) is 70.0 Å². The zero-order chi connectivity index (χ0) is 18.4. The number of rotatable bonds is 3. The standard InChI is InChI=1S/C21H15N3O2S/c1-26-13-5-7-16-14(11-13)15(21(25)24-16)9-12-4-6-17-18(10-12)23-20(22-17)19-3-2-8-27-19/h2-11,24-25H,1H3/b12-9-. The van der Waals surface area contributed by atoms with E-state index in [0.717, 1.165) is 49.2 Å². The Hall–Kier alpha value is -3.38. The molecule has 0 saturated heterocycles. The maximum atomic E-state index is 10.3. The molecule has 6 heteroatoms. The highest BCUT2D eigenvalue weighted by Crippen LogP contribution is 2.30. The van der Waals surface area contributed by atoms with Crippen molar-refractivity contribution in [3.05, 3.63) is 74.9 Å². The van der Waals surface area contributed by atoms with Crippen molar-refractivity contribution >= 4 is 39.8 Å². The summed E-state index contributed by atoms with van der Waals surface area (Å²) in [5.74, 6) is 1.62. The number of thiophene rings is 1. The molecule has 0 radical (unpaired) electrons. The van der Waals surface area contributed by atoms with Crippen LogP contribution >= 0.6 is 11.3 Å². The molecule has 27 heavy (non-hydrogen) atoms. The zero-order valence-electron chi connectivity index (χ0n) is 14.4. The maximum Gasteiger partial charge on any atom is 0.196 e. The van der Waals surface area contributed by atoms with E-state index in [0.29, 0.717) is 0 Å². The van der Waals surface area contributed by atoms with Gasteiger partial charge in [0.25, 0.3) is 0 Å². The third-order valence-corrected chi connectivity index (χ3v) is 5.40. The normalized spacial score (nSPS) is 13.5. The monoisotopic (exact) mass is 373 g/mol. The van der Waals surface area contributed by atoms with Crippen LogP contribution < -0.4 is 15.3 Å². The second kappa shape index (κ2) is 6.10. The van der Waals surface area contributed by atoms with Crippen molar-refractivity contribution in [2.75, 3.05) is 7.11 Å². The highest BCUT2D eigenvalue weighted by atomic mass is 32.1. The van der Waals surface area contributed by atoms with Crippen molar-refractivity contribution in [3.8, 4) is 11.6 Å². The highest BCUT2D eigenvalue weighted by molar-refractivity contribution is 7.12. The van der Waals surface area contributed by atoms with Gasteiger partial charge in [-0.05, 0) is 53.1 Å². The van der Waals surface area contributed by atoms with E-state index in [2.05, 4.69) is 15.0 Å². The molecular weight excluding hydrogens is 358 g/mol. The van der Waals surface area contributed by atoms with Crippen molar-refractivity contribution in [1.29, 1.82) is 0 Å². The SMILES string of the molecule is COc1ccc2[nH]c(O)c(/C=c3/ccc4c(c3)N=C(c3cccs3)N=4)c2c1. The predicted molar refractivity (Wildman–Crippen MR) is 108 cm³/mol. The molecule has 0 atom stereocenters. The van der Waals surface area contributed by atoms with Crippen LogP contribution in [-0.4, -0.2) is 23.0 Å². The van der Waals surface area contributed by atoms with Gasteiger partial charge in [0.1, 0.15) is 5.75 Å². The molecule has 0 spiro atoms. The molecule has 1 aliphatic heterocycles. The van der Waals surface area contributed by atoms with E-state index < -0.39 is 0 Å². The molecule has 1 aliphatic rings. The first-order valence-corrected chi connectivity index (χ1v) is 9.31. The Balaban J connectivity index is 1.63. The van der Waals surface area contributed by atoms with Gasteiger partial charge >= 0.3 is 0 Å². The number of amidine groups is 1. The lowest BCUT2D eigenvalue weighted by Gasteiger charge is -1.99. The number of H-pyrrole nitrogens is 1. The van der Waals surface area contributed by atoms with E-state index in [1.807, 2.05) is 60.0 Å². The third kappa shape index (κ3) is 2.71. The van der Waals surface area contributed by atoms with Crippen molar-refractivity contribution < 1.29 is 9.84 Å². The quantitative estimate of drug-likeness (QED) is 0.577. The van der Waals surface area contributed by atoms with Gasteiger partial charge in [0, 0.05) is 16.5 Å². The summed E-state index contributed by atoms with van der Waals surface area (Å²) in [6.45, 7) is 0. The first kappa shape index (κ1) is 15.8. The van der Waals surface area contributed by atoms with Crippen LogP contribution in [0.3, 0.4) is 0 Å². The summed E-state index contributed by atoms with van der Waals surface area (Å²) in [5.41, 5.74) is 2.42. The fourth-order valence-electron chi connectivity index (χ4n) is 3.20. The number of fused-ring (bicyclic) bond motifs is 2. The van der Waals surface area contributed by atoms with Crippen LogP contribution in [0.15, 0.2) is 63.9 Å². The van der Waals surface area contributed by atoms with Gasteiger partial charge in [0.05, 0.1) is 23.0 Å². The molecule has 5 rings (SSSR count). The summed E-state index contributed by atoms with van der Waals surface area (Å²) in [5, 5.41) is 15.1. The maximum absolute atomic E-state index is 10.3. The molecular formula is C21H15N3O2S. The molecule has 0 unspecified atom stereocenters. The van der Waals surface area contributed by atoms with Crippen molar-refractivity contribution in [2.45, 2.75) is 0 Å². The Morgan fingerprint density at radius 3 is 2.85 bits per heavy atom. The van der Waals surface area contributed by atoms with E-state index in [1.54, 1.807) is 18.4 Å². The van der Waals surface area contributed by atoms with Crippen LogP contribution in [0.4, 0.5) is 5.69 Å². The van der Waals surface area contributed by atoms with Gasteiger partial charge < -0.3 is 14.8 Å². The molecule has 2 aromatic carbocycles. The molecule has 0 bridgehead atoms. The lowest BCUT2D eigenvalue weighted by atomic mass is 10.1. The van der Waals surface area contributed by atoms with E-state index in [9.17, 15) is 5.11 Å². The number of aliphatic imine (C=N–C) groups is 1. The second-order valence-corrected chi connectivity index (χ2v) is 7.16. The van der Waals surface area contributed by atoms with E-state index in [4.69, 9.17) is 4.74 Å². The summed E-state index contributed by atoms with van der Waals surface area (Å²) in [4.78, 5) is 13.3. The number of methoxy groups -OCH3 is 1. The number of nitrogens with zero attached hydrogens (tertiary/aromatic N) is 2. The number of aromatic nitrogens is 1. The Bertz CT molecular complexity index is 1320. The first-order chi connectivity index (χ1) is 13.2. The number of nitrogens with one attached hydrogen (secondary N) is 1. The molecule has 0 amide bonds. The number of aromatic hydroxyl groups is 1. The summed E-state index contributed by atoms with van der Waals surface area (Å²) in [6, 6.07) is 15.6.